The van der Waals surface area contributed by atoms with E-state index in [1.165, 1.54) is 12.7 Å². The van der Waals surface area contributed by atoms with Crippen molar-refractivity contribution in [1.29, 1.82) is 0 Å². The lowest BCUT2D eigenvalue weighted by molar-refractivity contribution is -0.0300. The molecule has 63 nitrogen and oxygen atoms in total. The molecule has 0 saturated heterocycles. The summed E-state index contributed by atoms with van der Waals surface area (Å²) in [5.74, 6) is 4.13. The zero-order valence-electron chi connectivity index (χ0n) is 75.5. The van der Waals surface area contributed by atoms with Crippen LogP contribution >= 0.6 is 62.6 Å². The van der Waals surface area contributed by atoms with E-state index < -0.39 is 182 Å². The van der Waals surface area contributed by atoms with E-state index in [9.17, 15) is 107 Å². The molecule has 20 rings (SSSR count). The normalized spacial score (nSPS) is 32.6. The number of aryl methyl sites for hydroxylation is 5. The Morgan fingerprint density at radius 3 is 0.844 bits per heavy atom. The average Bonchev–Trinajstić information content (AvgIpc) is 1.54. The summed E-state index contributed by atoms with van der Waals surface area (Å²) in [6.07, 6.45) is -0.318. The van der Waals surface area contributed by atoms with Gasteiger partial charge in [0.05, 0.1) is 119 Å². The summed E-state index contributed by atoms with van der Waals surface area (Å²) in [6, 6.07) is -2.51. The van der Waals surface area contributed by atoms with E-state index in [2.05, 4.69) is 123 Å². The maximum Gasteiger partial charge on any atom is 0.490 e. The smallest absolute Gasteiger partial charge is 0.396 e. The van der Waals surface area contributed by atoms with Crippen LogP contribution in [0.3, 0.4) is 0 Å². The number of nitrogens with zero attached hydrogens (tertiary/aromatic N) is 20. The van der Waals surface area contributed by atoms with Crippen LogP contribution < -0.4 is 26.6 Å². The molecule has 0 radical (unpaired) electrons. The lowest BCUT2D eigenvalue weighted by atomic mass is 10.0. The highest BCUT2D eigenvalue weighted by Crippen LogP contribution is 2.76. The molecule has 10 saturated carbocycles. The first-order valence-corrected chi connectivity index (χ1v) is 54.9. The fourth-order valence-electron chi connectivity index (χ4n) is 21.3. The van der Waals surface area contributed by atoms with Crippen molar-refractivity contribution in [1.82, 2.24) is 97.6 Å². The molecule has 0 aliphatic heterocycles. The van der Waals surface area contributed by atoms with Gasteiger partial charge in [0.2, 0.25) is 0 Å². The van der Waals surface area contributed by atoms with E-state index in [0.29, 0.717) is 140 Å². The number of hydrogen-bond donors (Lipinski definition) is 27. The van der Waals surface area contributed by atoms with Crippen molar-refractivity contribution in [3.63, 3.8) is 0 Å². The van der Waals surface area contributed by atoms with Gasteiger partial charge < -0.3 is 159 Å². The Hall–Kier alpha value is -7.61. The van der Waals surface area contributed by atoms with Crippen molar-refractivity contribution in [3.8, 4) is 0 Å². The van der Waals surface area contributed by atoms with Crippen molar-refractivity contribution < 1.29 is 182 Å². The summed E-state index contributed by atoms with van der Waals surface area (Å²) in [7, 11) is -32.6. The predicted molar refractivity (Wildman–Crippen MR) is 477 cm³/mol. The predicted octanol–water partition coefficient (Wildman–Crippen LogP) is -0.777. The van der Waals surface area contributed by atoms with Crippen LogP contribution in [0.5, 0.6) is 0 Å². The number of phosphoric acid groups is 8. The quantitative estimate of drug-likeness (QED) is 0.0237. The van der Waals surface area contributed by atoms with Crippen LogP contribution in [0, 0.1) is 91.3 Å². The van der Waals surface area contributed by atoms with Crippen LogP contribution in [0.1, 0.15) is 97.9 Å². The van der Waals surface area contributed by atoms with Crippen LogP contribution in [0.4, 0.5) is 29.1 Å². The van der Waals surface area contributed by atoms with E-state index in [1.54, 1.807) is 107 Å². The Kier molecular flexibility index (Phi) is 28.3. The molecule has 0 bridgehead atoms. The highest BCUT2D eigenvalue weighted by molar-refractivity contribution is 7.66. The van der Waals surface area contributed by atoms with E-state index in [0.717, 1.165) is 0 Å². The van der Waals surface area contributed by atoms with Crippen molar-refractivity contribution in [3.05, 3.63) is 60.8 Å². The molecule has 10 fully saturated rings. The molecule has 0 aromatic carbocycles. The maximum absolute atomic E-state index is 12.1. The van der Waals surface area contributed by atoms with Gasteiger partial charge in [-0.3, -0.25) is 22.6 Å². The molecule has 10 aromatic heterocycles. The SMILES string of the molecule is CNc1nc(C)nc2c1ncn2[C@H]1C[C@H](OP(=O)(O)O)[C@]2(COP(=O)(O)O)C[C@H]12.CNc1nc(C)nc2c1ncn2[C@H]1[C@H](O)[C@H](O)[C@]2(CO)C[C@H]12.CNc1nc(C)nc2c1ncn2[C@H]1[C@H](O)[C@H](O)[C@]2(COP(=O)(O)O)C[C@H]12.CNc1nc(C)nc2c1ncn2[C@H]1[C@H](O)[C@H](O)[C@]2(COP(=O)(O)OP(=O)(O)O)C[C@H]12.CNc1nc(C)nc2c1ncn2[C@H]1[C@H](O)[C@H](O)[C@]2(COP(=O)(O)OP(=O)(O)OP(=O)(O)O)C[C@H]12. The zero-order chi connectivity index (χ0) is 103. The van der Waals surface area contributed by atoms with Gasteiger partial charge in [0.25, 0.3) is 0 Å². The number of rotatable bonds is 31. The second kappa shape index (κ2) is 37.6. The number of hydrogen-bond acceptors (Lipinski definition) is 45. The van der Waals surface area contributed by atoms with Crippen LogP contribution in [0.25, 0.3) is 55.8 Å². The third-order valence-corrected chi connectivity index (χ3v) is 35.2. The minimum atomic E-state index is -5.67. The lowest BCUT2D eigenvalue weighted by Gasteiger charge is -2.24. The Morgan fingerprint density at radius 2 is 0.567 bits per heavy atom. The molecule has 71 heteroatoms. The number of aromatic nitrogens is 20. The minimum Gasteiger partial charge on any atom is -0.396 e. The van der Waals surface area contributed by atoms with Gasteiger partial charge in [0, 0.05) is 68.4 Å². The summed E-state index contributed by atoms with van der Waals surface area (Å²) in [5.41, 5.74) is 0.554. The molecule has 10 aromatic rings. The van der Waals surface area contributed by atoms with Gasteiger partial charge in [-0.2, -0.15) is 12.9 Å². The van der Waals surface area contributed by atoms with E-state index >= 15 is 0 Å². The number of fused-ring (bicyclic) bond motifs is 10. The van der Waals surface area contributed by atoms with Gasteiger partial charge >= 0.3 is 62.6 Å². The molecular formula is C70H103N25O38P8. The van der Waals surface area contributed by atoms with Crippen LogP contribution in [-0.4, -0.2) is 330 Å². The topological polar surface area (TPSA) is 934 Å². The third kappa shape index (κ3) is 20.4. The molecule has 27 atom stereocenters. The molecule has 0 spiro atoms. The molecule has 3 unspecified atom stereocenters. The monoisotopic (exact) mass is 2150 g/mol. The number of aliphatic hydroxyl groups is 9. The van der Waals surface area contributed by atoms with Gasteiger partial charge in [-0.05, 0) is 103 Å². The number of nitrogens with one attached hydrogen (secondary N) is 5. The largest absolute Gasteiger partial charge is 0.490 e. The number of phosphoric ester groups is 5. The van der Waals surface area contributed by atoms with E-state index in [4.69, 9.17) is 52.7 Å². The standard InChI is InChI=1S/C14H22N5O12P3.C14H21N5O9P2.C14H21N5O8P2.C14H20N5O6P.C14H19N5O3/c1-6-17-12(15-2)8-13(18-6)19(5-16-8)9-7-3-14(7,11(21)10(9)20)4-29-33(25,26)31-34(27,28)30-32(22,23)24;1-6-17-12(15-2)8-13(18-6)19(5-16-8)9-7-3-14(7,11(21)10(9)20)4-27-30(25,26)28-29(22,23)24;1-7-17-12(15-2)11-13(18-7)19(6-16-11)9-3-10(27-29(23,24)25)14(4-8(9)14)5-26-28(20,21)22;1-6-17-12(15-2)8-13(18-6)19(5-16-8)9-7-3-14(7,11(21)10(9)20)4-25-26(22,23)24;1-6-17-12(15-2)8-13(18-6)19(5-16-8)9-7-3-14(7,4-20)11(22)10(9)21/h5,7,9-11,20-21H,3-4H2,1-2H3,(H,25,26)(H,27,28)(H,15,17,18)(H2,22,23,24);5,7,9-11,20-21H,3-4H2,1-2H3,(H,25,26)(H,15,17,18)(H2,22,23,24);6,8-10H,3-5H2,1-2H3,(H,15,17,18)(H2,20,21,22)(H2,23,24,25);5,7,9-11,20-21H,3-4H2,1-2H3,(H,15,17,18)(H2,22,23,24);5,7,9-11,20-22H,3-4H2,1-2H3,(H,15,17,18)/t2*7-,9-,10+,11+,14+;8-,9+,10+,14+;2*7-,9-,10+,11+,14+/m11111/s1. The van der Waals surface area contributed by atoms with Crippen LogP contribution in [0.15, 0.2) is 31.6 Å². The molecule has 27 N–H and O–H groups in total. The van der Waals surface area contributed by atoms with Gasteiger partial charge in [0.1, 0.15) is 81.1 Å². The first-order valence-electron chi connectivity index (χ1n) is 42.8. The van der Waals surface area contributed by atoms with Gasteiger partial charge in [-0.25, -0.2) is 111 Å². The Bertz CT molecular complexity index is 6920. The van der Waals surface area contributed by atoms with Gasteiger partial charge in [0.15, 0.2) is 57.3 Å². The summed E-state index contributed by atoms with van der Waals surface area (Å²) >= 11 is 0. The summed E-state index contributed by atoms with van der Waals surface area (Å²) < 4.78 is 134. The molecule has 10 aliphatic rings. The van der Waals surface area contributed by atoms with Gasteiger partial charge in [-0.15, -0.1) is 0 Å². The highest BCUT2D eigenvalue weighted by Gasteiger charge is 2.76. The lowest BCUT2D eigenvalue weighted by Crippen LogP contribution is -2.35. The van der Waals surface area contributed by atoms with Crippen LogP contribution in [-0.2, 0) is 72.1 Å². The molecule has 776 valence electrons. The second-order valence-corrected chi connectivity index (χ2v) is 47.1. The first kappa shape index (κ1) is 106. The summed E-state index contributed by atoms with van der Waals surface area (Å²) in [4.78, 5) is 183. The van der Waals surface area contributed by atoms with Gasteiger partial charge in [-0.1, -0.05) is 0 Å². The molecule has 0 amide bonds. The molecule has 141 heavy (non-hydrogen) atoms. The van der Waals surface area contributed by atoms with E-state index in [1.807, 2.05) is 4.57 Å². The van der Waals surface area contributed by atoms with Crippen molar-refractivity contribution >= 4 is 147 Å². The van der Waals surface area contributed by atoms with E-state index in [-0.39, 0.29) is 68.4 Å². The average molecular weight is 2150 g/mol. The fourth-order valence-corrected chi connectivity index (χ4v) is 27.5. The third-order valence-electron chi connectivity index (χ3n) is 27.8. The maximum atomic E-state index is 12.1. The summed E-state index contributed by atoms with van der Waals surface area (Å²) in [5, 5.41) is 109. The number of aliphatic hydroxyl groups excluding tert-OH is 9. The fraction of sp³-hybridized carbons (Fsp3) is 0.643. The molecule has 10 heterocycles. The molecule has 10 aliphatic carbocycles. The Morgan fingerprint density at radius 1 is 0.319 bits per heavy atom. The summed E-state index contributed by atoms with van der Waals surface area (Å²) in [6.45, 7) is 6.62. The number of imidazole rings is 5. The minimum absolute atomic E-state index is 0.0354. The van der Waals surface area contributed by atoms with Crippen molar-refractivity contribution in [2.24, 2.45) is 56.7 Å². The second-order valence-electron chi connectivity index (χ2n) is 36.1. The number of anilines is 5. The zero-order valence-corrected chi connectivity index (χ0v) is 82.7. The first-order chi connectivity index (χ1) is 65.6. The Balaban J connectivity index is 0.000000128. The molecular weight excluding hydrogens is 2050 g/mol. The van der Waals surface area contributed by atoms with Crippen LogP contribution in [0.2, 0.25) is 0 Å². The van der Waals surface area contributed by atoms with Crippen molar-refractivity contribution in [2.45, 2.75) is 158 Å². The highest BCUT2D eigenvalue weighted by atomic mass is 31.3. The Labute approximate surface area is 793 Å². The van der Waals surface area contributed by atoms with Crippen molar-refractivity contribution in [2.75, 3.05) is 94.9 Å².